The number of fused-ring (bicyclic) bond motifs is 2. The van der Waals surface area contributed by atoms with Gasteiger partial charge in [0.2, 0.25) is 5.91 Å². The van der Waals surface area contributed by atoms with E-state index < -0.39 is 0 Å². The van der Waals surface area contributed by atoms with Crippen molar-refractivity contribution < 1.29 is 9.59 Å². The predicted molar refractivity (Wildman–Crippen MR) is 109 cm³/mol. The Bertz CT molecular complexity index is 709. The number of anilines is 1. The second kappa shape index (κ2) is 8.38. The normalized spacial score (nSPS) is 29.4. The van der Waals surface area contributed by atoms with Crippen LogP contribution in [0.4, 0.5) is 5.69 Å². The summed E-state index contributed by atoms with van der Waals surface area (Å²) >= 11 is 6.17. The van der Waals surface area contributed by atoms with Gasteiger partial charge in [-0.15, -0.1) is 12.4 Å². The van der Waals surface area contributed by atoms with Crippen molar-refractivity contribution in [2.75, 3.05) is 5.32 Å². The van der Waals surface area contributed by atoms with Crippen LogP contribution in [0.3, 0.4) is 0 Å². The Morgan fingerprint density at radius 1 is 1.07 bits per heavy atom. The van der Waals surface area contributed by atoms with Crippen LogP contribution in [0.15, 0.2) is 18.2 Å². The summed E-state index contributed by atoms with van der Waals surface area (Å²) in [7, 11) is 0. The number of rotatable bonds is 4. The highest BCUT2D eigenvalue weighted by atomic mass is 35.5. The fourth-order valence-corrected chi connectivity index (χ4v) is 4.72. The van der Waals surface area contributed by atoms with Gasteiger partial charge in [-0.1, -0.05) is 18.0 Å². The second-order valence-corrected chi connectivity index (χ2v) is 8.54. The molecule has 4 N–H and O–H groups in total. The standard InChI is InChI=1S/C20H26ClN3O2.ClH/c21-17-7-6-15(10-16(17)20(26)23-14-4-5-14)24-19(25)13-8-11-2-1-3-12(9-13)18(11)22;/h6-7,10-14,18H,1-5,8-9,22H2,(H,23,26)(H,24,25);1H. The van der Waals surface area contributed by atoms with Gasteiger partial charge in [-0.05, 0) is 68.6 Å². The Kier molecular flexibility index (Phi) is 6.34. The number of amides is 2. The van der Waals surface area contributed by atoms with Crippen LogP contribution in [0.25, 0.3) is 0 Å². The molecule has 148 valence electrons. The fourth-order valence-electron chi connectivity index (χ4n) is 4.52. The maximum absolute atomic E-state index is 12.8. The number of benzene rings is 1. The van der Waals surface area contributed by atoms with Gasteiger partial charge < -0.3 is 16.4 Å². The van der Waals surface area contributed by atoms with Crippen molar-refractivity contribution in [3.05, 3.63) is 28.8 Å². The average molecular weight is 412 g/mol. The summed E-state index contributed by atoms with van der Waals surface area (Å²) in [5.74, 6) is 0.785. The minimum atomic E-state index is -0.174. The quantitative estimate of drug-likeness (QED) is 0.704. The summed E-state index contributed by atoms with van der Waals surface area (Å²) < 4.78 is 0. The highest BCUT2D eigenvalue weighted by molar-refractivity contribution is 6.34. The molecule has 4 rings (SSSR count). The van der Waals surface area contributed by atoms with E-state index in [2.05, 4.69) is 10.6 Å². The summed E-state index contributed by atoms with van der Waals surface area (Å²) in [6, 6.07) is 5.62. The van der Waals surface area contributed by atoms with Crippen molar-refractivity contribution in [3.63, 3.8) is 0 Å². The molecule has 2 bridgehead atoms. The van der Waals surface area contributed by atoms with Crippen molar-refractivity contribution in [1.29, 1.82) is 0 Å². The van der Waals surface area contributed by atoms with Crippen LogP contribution in [0.2, 0.25) is 5.02 Å². The lowest BCUT2D eigenvalue weighted by atomic mass is 9.65. The van der Waals surface area contributed by atoms with Crippen molar-refractivity contribution in [3.8, 4) is 0 Å². The molecule has 3 aliphatic carbocycles. The molecule has 0 aliphatic heterocycles. The molecule has 1 aromatic rings. The average Bonchev–Trinajstić information content (AvgIpc) is 3.40. The monoisotopic (exact) mass is 411 g/mol. The zero-order valence-electron chi connectivity index (χ0n) is 15.2. The van der Waals surface area contributed by atoms with E-state index in [1.54, 1.807) is 18.2 Å². The number of hydrogen-bond donors (Lipinski definition) is 3. The maximum atomic E-state index is 12.8. The third-order valence-corrected chi connectivity index (χ3v) is 6.50. The van der Waals surface area contributed by atoms with Crippen LogP contribution < -0.4 is 16.4 Å². The van der Waals surface area contributed by atoms with Crippen molar-refractivity contribution >= 4 is 41.5 Å². The minimum Gasteiger partial charge on any atom is -0.349 e. The lowest BCUT2D eigenvalue weighted by Gasteiger charge is -2.43. The number of hydrogen-bond acceptors (Lipinski definition) is 3. The van der Waals surface area contributed by atoms with Crippen molar-refractivity contribution in [2.45, 2.75) is 57.0 Å². The fraction of sp³-hybridized carbons (Fsp3) is 0.600. The Morgan fingerprint density at radius 2 is 1.74 bits per heavy atom. The summed E-state index contributed by atoms with van der Waals surface area (Å²) in [4.78, 5) is 25.1. The SMILES string of the molecule is Cl.NC1C2CCCC1CC(C(=O)Nc1ccc(Cl)c(C(=O)NC3CC3)c1)C2. The molecule has 2 unspecified atom stereocenters. The summed E-state index contributed by atoms with van der Waals surface area (Å²) in [5, 5.41) is 6.33. The third kappa shape index (κ3) is 4.58. The number of carbonyl (C=O) groups excluding carboxylic acids is 2. The lowest BCUT2D eigenvalue weighted by molar-refractivity contribution is -0.122. The Balaban J connectivity index is 0.00000210. The zero-order chi connectivity index (χ0) is 18.3. The van der Waals surface area contributed by atoms with Gasteiger partial charge in [0.05, 0.1) is 10.6 Å². The topological polar surface area (TPSA) is 84.2 Å². The molecular weight excluding hydrogens is 385 g/mol. The van der Waals surface area contributed by atoms with Crippen molar-refractivity contribution in [2.24, 2.45) is 23.5 Å². The van der Waals surface area contributed by atoms with Gasteiger partial charge in [-0.25, -0.2) is 0 Å². The molecule has 2 amide bonds. The van der Waals surface area contributed by atoms with E-state index in [1.165, 1.54) is 6.42 Å². The molecule has 0 heterocycles. The molecule has 0 spiro atoms. The van der Waals surface area contributed by atoms with E-state index in [9.17, 15) is 9.59 Å². The second-order valence-electron chi connectivity index (χ2n) is 8.13. The summed E-state index contributed by atoms with van der Waals surface area (Å²) in [6.45, 7) is 0. The van der Waals surface area contributed by atoms with Crippen LogP contribution in [0.1, 0.15) is 55.3 Å². The Labute approximate surface area is 171 Å². The first kappa shape index (κ1) is 20.4. The molecular formula is C20H27Cl2N3O2. The molecule has 3 saturated carbocycles. The molecule has 2 atom stereocenters. The van der Waals surface area contributed by atoms with Gasteiger partial charge in [-0.3, -0.25) is 9.59 Å². The molecule has 3 fully saturated rings. The molecule has 0 radical (unpaired) electrons. The number of nitrogens with one attached hydrogen (secondary N) is 2. The largest absolute Gasteiger partial charge is 0.349 e. The van der Waals surface area contributed by atoms with Gasteiger partial charge in [0.25, 0.3) is 5.91 Å². The first-order chi connectivity index (χ1) is 12.5. The molecule has 5 nitrogen and oxygen atoms in total. The molecule has 0 saturated heterocycles. The summed E-state index contributed by atoms with van der Waals surface area (Å²) in [5.41, 5.74) is 7.36. The van der Waals surface area contributed by atoms with Gasteiger partial charge in [0, 0.05) is 23.7 Å². The highest BCUT2D eigenvalue weighted by Gasteiger charge is 2.40. The van der Waals surface area contributed by atoms with Crippen LogP contribution in [-0.4, -0.2) is 23.9 Å². The Hall–Kier alpha value is -1.30. The first-order valence-corrected chi connectivity index (χ1v) is 10.1. The smallest absolute Gasteiger partial charge is 0.253 e. The van der Waals surface area contributed by atoms with Crippen LogP contribution in [-0.2, 0) is 4.79 Å². The van der Waals surface area contributed by atoms with E-state index in [0.29, 0.717) is 28.1 Å². The van der Waals surface area contributed by atoms with Crippen molar-refractivity contribution in [1.82, 2.24) is 5.32 Å². The third-order valence-electron chi connectivity index (χ3n) is 6.17. The minimum absolute atomic E-state index is 0. The molecule has 3 aliphatic rings. The Morgan fingerprint density at radius 3 is 2.37 bits per heavy atom. The van der Waals surface area contributed by atoms with Crippen LogP contribution >= 0.6 is 24.0 Å². The zero-order valence-corrected chi connectivity index (χ0v) is 16.8. The molecule has 1 aromatic carbocycles. The summed E-state index contributed by atoms with van der Waals surface area (Å²) in [6.07, 6.45) is 7.27. The van der Waals surface area contributed by atoms with Gasteiger partial charge in [0.15, 0.2) is 0 Å². The van der Waals surface area contributed by atoms with Gasteiger partial charge in [0.1, 0.15) is 0 Å². The molecule has 7 heteroatoms. The maximum Gasteiger partial charge on any atom is 0.253 e. The molecule has 27 heavy (non-hydrogen) atoms. The van der Waals surface area contributed by atoms with E-state index in [-0.39, 0.29) is 42.2 Å². The van der Waals surface area contributed by atoms with Gasteiger partial charge >= 0.3 is 0 Å². The number of carbonyl (C=O) groups is 2. The number of nitrogens with two attached hydrogens (primary N) is 1. The van der Waals surface area contributed by atoms with Gasteiger partial charge in [-0.2, -0.15) is 0 Å². The predicted octanol–water partition coefficient (Wildman–Crippen LogP) is 3.75. The number of halogens is 2. The van der Waals surface area contributed by atoms with E-state index in [4.69, 9.17) is 17.3 Å². The molecule has 0 aromatic heterocycles. The first-order valence-electron chi connectivity index (χ1n) is 9.68. The van der Waals surface area contributed by atoms with Crippen LogP contribution in [0.5, 0.6) is 0 Å². The van der Waals surface area contributed by atoms with Crippen LogP contribution in [0, 0.1) is 17.8 Å². The van der Waals surface area contributed by atoms with E-state index >= 15 is 0 Å². The van der Waals surface area contributed by atoms with E-state index in [1.807, 2.05) is 0 Å². The van der Waals surface area contributed by atoms with E-state index in [0.717, 1.165) is 38.5 Å². The lowest BCUT2D eigenvalue weighted by Crippen LogP contribution is -2.48. The highest BCUT2D eigenvalue weighted by Crippen LogP contribution is 2.42.